The third-order valence-electron chi connectivity index (χ3n) is 2.39. The second-order valence-electron chi connectivity index (χ2n) is 3.35. The van der Waals surface area contributed by atoms with Crippen molar-refractivity contribution in [2.75, 3.05) is 18.0 Å². The summed E-state index contributed by atoms with van der Waals surface area (Å²) in [7, 11) is -2.96. The number of hydrogen-bond acceptors (Lipinski definition) is 3. The molecule has 1 aliphatic heterocycles. The molecular weight excluding hydrogens is 200 g/mol. The molecule has 1 fully saturated rings. The monoisotopic (exact) mass is 212 g/mol. The fourth-order valence-electron chi connectivity index (χ4n) is 1.42. The molecule has 2 N–H and O–H groups in total. The van der Waals surface area contributed by atoms with E-state index in [1.54, 1.807) is 6.07 Å². The molecule has 0 aromatic heterocycles. The zero-order valence-corrected chi connectivity index (χ0v) is 8.50. The molecule has 14 heavy (non-hydrogen) atoms. The molecule has 1 aromatic rings. The zero-order chi connectivity index (χ0) is 10.2. The van der Waals surface area contributed by atoms with E-state index in [1.807, 2.05) is 18.2 Å². The molecular formula is C9H12N2O2S. The summed E-state index contributed by atoms with van der Waals surface area (Å²) in [6, 6.07) is 7.33. The fraction of sp³-hybridized carbons (Fsp3) is 0.333. The average molecular weight is 212 g/mol. The normalized spacial score (nSPS) is 20.3. The maximum absolute atomic E-state index is 11.2. The zero-order valence-electron chi connectivity index (χ0n) is 7.68. The summed E-state index contributed by atoms with van der Waals surface area (Å²) in [6.07, 6.45) is 0. The third-order valence-corrected chi connectivity index (χ3v) is 4.19. The SMILES string of the molecule is Nc1ccccc1CN1CCS1(=O)=O. The highest BCUT2D eigenvalue weighted by molar-refractivity contribution is 7.90. The first-order valence-electron chi connectivity index (χ1n) is 4.41. The van der Waals surface area contributed by atoms with Crippen molar-refractivity contribution >= 4 is 15.7 Å². The predicted molar refractivity (Wildman–Crippen MR) is 55.1 cm³/mol. The van der Waals surface area contributed by atoms with Gasteiger partial charge in [0.25, 0.3) is 0 Å². The lowest BCUT2D eigenvalue weighted by atomic mass is 10.2. The van der Waals surface area contributed by atoms with Gasteiger partial charge in [-0.1, -0.05) is 18.2 Å². The van der Waals surface area contributed by atoms with Crippen LogP contribution in [0.2, 0.25) is 0 Å². The van der Waals surface area contributed by atoms with Crippen LogP contribution in [-0.4, -0.2) is 25.0 Å². The van der Waals surface area contributed by atoms with Crippen LogP contribution in [0.4, 0.5) is 5.69 Å². The highest BCUT2D eigenvalue weighted by atomic mass is 32.2. The Hall–Kier alpha value is -1.07. The van der Waals surface area contributed by atoms with Crippen LogP contribution in [-0.2, 0) is 16.6 Å². The number of nitrogen functional groups attached to an aromatic ring is 1. The van der Waals surface area contributed by atoms with Gasteiger partial charge in [0.2, 0.25) is 10.0 Å². The lowest BCUT2D eigenvalue weighted by Gasteiger charge is -2.30. The molecule has 1 saturated heterocycles. The van der Waals surface area contributed by atoms with Gasteiger partial charge in [0.05, 0.1) is 5.75 Å². The number of nitrogens with two attached hydrogens (primary N) is 1. The van der Waals surface area contributed by atoms with Gasteiger partial charge >= 0.3 is 0 Å². The van der Waals surface area contributed by atoms with Gasteiger partial charge in [-0.25, -0.2) is 8.42 Å². The topological polar surface area (TPSA) is 63.4 Å². The van der Waals surface area contributed by atoms with Gasteiger partial charge in [-0.2, -0.15) is 4.31 Å². The van der Waals surface area contributed by atoms with Crippen molar-refractivity contribution in [3.05, 3.63) is 29.8 Å². The van der Waals surface area contributed by atoms with Gasteiger partial charge in [-0.05, 0) is 11.6 Å². The van der Waals surface area contributed by atoms with Crippen LogP contribution in [0.3, 0.4) is 0 Å². The minimum absolute atomic E-state index is 0.264. The first-order chi connectivity index (χ1) is 6.59. The third kappa shape index (κ3) is 1.60. The van der Waals surface area contributed by atoms with E-state index in [0.29, 0.717) is 18.8 Å². The van der Waals surface area contributed by atoms with Gasteiger partial charge in [0, 0.05) is 18.8 Å². The lowest BCUT2D eigenvalue weighted by molar-refractivity contribution is 0.380. The molecule has 1 aromatic carbocycles. The highest BCUT2D eigenvalue weighted by Crippen LogP contribution is 2.20. The minimum atomic E-state index is -2.96. The van der Waals surface area contributed by atoms with Crippen molar-refractivity contribution < 1.29 is 8.42 Å². The molecule has 0 bridgehead atoms. The van der Waals surface area contributed by atoms with Crippen molar-refractivity contribution in [2.45, 2.75) is 6.54 Å². The van der Waals surface area contributed by atoms with Crippen molar-refractivity contribution in [1.29, 1.82) is 0 Å². The summed E-state index contributed by atoms with van der Waals surface area (Å²) in [5.41, 5.74) is 7.23. The number of nitrogens with zero attached hydrogens (tertiary/aromatic N) is 1. The number of para-hydroxylation sites is 1. The highest BCUT2D eigenvalue weighted by Gasteiger charge is 2.32. The molecule has 76 valence electrons. The van der Waals surface area contributed by atoms with Crippen molar-refractivity contribution in [3.8, 4) is 0 Å². The molecule has 0 spiro atoms. The van der Waals surface area contributed by atoms with Crippen LogP contribution in [0, 0.1) is 0 Å². The van der Waals surface area contributed by atoms with E-state index >= 15 is 0 Å². The van der Waals surface area contributed by atoms with Crippen molar-refractivity contribution in [3.63, 3.8) is 0 Å². The Morgan fingerprint density at radius 1 is 1.36 bits per heavy atom. The first-order valence-corrected chi connectivity index (χ1v) is 6.02. The van der Waals surface area contributed by atoms with Gasteiger partial charge < -0.3 is 5.73 Å². The molecule has 5 heteroatoms. The van der Waals surface area contributed by atoms with E-state index in [1.165, 1.54) is 4.31 Å². The molecule has 4 nitrogen and oxygen atoms in total. The summed E-state index contributed by atoms with van der Waals surface area (Å²) >= 11 is 0. The molecule has 0 saturated carbocycles. The summed E-state index contributed by atoms with van der Waals surface area (Å²) in [5.74, 6) is 0.264. The second kappa shape index (κ2) is 3.25. The van der Waals surface area contributed by atoms with Crippen LogP contribution in [0.5, 0.6) is 0 Å². The van der Waals surface area contributed by atoms with E-state index < -0.39 is 10.0 Å². The number of hydrogen-bond donors (Lipinski definition) is 1. The second-order valence-corrected chi connectivity index (χ2v) is 5.44. The summed E-state index contributed by atoms with van der Waals surface area (Å²) < 4.78 is 23.9. The quantitative estimate of drug-likeness (QED) is 0.722. The summed E-state index contributed by atoms with van der Waals surface area (Å²) in [4.78, 5) is 0. The fourth-order valence-corrected chi connectivity index (χ4v) is 2.49. The number of rotatable bonds is 2. The van der Waals surface area contributed by atoms with Gasteiger partial charge in [-0.15, -0.1) is 0 Å². The Kier molecular flexibility index (Phi) is 2.20. The molecule has 0 amide bonds. The Bertz CT molecular complexity index is 442. The number of benzene rings is 1. The number of anilines is 1. The molecule has 1 aliphatic rings. The van der Waals surface area contributed by atoms with Crippen LogP contribution < -0.4 is 5.73 Å². The standard InChI is InChI=1S/C9H12N2O2S/c10-9-4-2-1-3-8(9)7-11-5-6-14(11,12)13/h1-4H,5-7,10H2. The lowest BCUT2D eigenvalue weighted by Crippen LogP contribution is -2.46. The molecule has 0 unspecified atom stereocenters. The maximum Gasteiger partial charge on any atom is 0.215 e. The maximum atomic E-state index is 11.2. The first kappa shape index (κ1) is 9.48. The minimum Gasteiger partial charge on any atom is -0.398 e. The molecule has 0 aliphatic carbocycles. The molecule has 2 rings (SSSR count). The summed E-state index contributed by atoms with van der Waals surface area (Å²) in [6.45, 7) is 1.01. The van der Waals surface area contributed by atoms with Crippen LogP contribution in [0.25, 0.3) is 0 Å². The largest absolute Gasteiger partial charge is 0.398 e. The van der Waals surface area contributed by atoms with Crippen molar-refractivity contribution in [1.82, 2.24) is 4.31 Å². The van der Waals surface area contributed by atoms with E-state index in [2.05, 4.69) is 0 Å². The Morgan fingerprint density at radius 2 is 2.07 bits per heavy atom. The van der Waals surface area contributed by atoms with E-state index in [4.69, 9.17) is 5.73 Å². The van der Waals surface area contributed by atoms with Crippen molar-refractivity contribution in [2.24, 2.45) is 0 Å². The number of sulfonamides is 1. The Labute approximate surface area is 83.4 Å². The Morgan fingerprint density at radius 3 is 2.57 bits per heavy atom. The average Bonchev–Trinajstić information content (AvgIpc) is 2.15. The van der Waals surface area contributed by atoms with Gasteiger partial charge in [0.1, 0.15) is 0 Å². The van der Waals surface area contributed by atoms with Gasteiger partial charge in [-0.3, -0.25) is 0 Å². The van der Waals surface area contributed by atoms with Crippen LogP contribution in [0.1, 0.15) is 5.56 Å². The van der Waals surface area contributed by atoms with Crippen LogP contribution >= 0.6 is 0 Å². The predicted octanol–water partition coefficient (Wildman–Crippen LogP) is 0.414. The van der Waals surface area contributed by atoms with E-state index in [-0.39, 0.29) is 5.75 Å². The molecule has 0 radical (unpaired) electrons. The smallest absolute Gasteiger partial charge is 0.215 e. The van der Waals surface area contributed by atoms with Gasteiger partial charge in [0.15, 0.2) is 0 Å². The molecule has 1 heterocycles. The molecule has 0 atom stereocenters. The Balaban J connectivity index is 2.16. The van der Waals surface area contributed by atoms with E-state index in [9.17, 15) is 8.42 Å². The van der Waals surface area contributed by atoms with E-state index in [0.717, 1.165) is 5.56 Å². The van der Waals surface area contributed by atoms with Crippen LogP contribution in [0.15, 0.2) is 24.3 Å². The summed E-state index contributed by atoms with van der Waals surface area (Å²) in [5, 5.41) is 0.